The van der Waals surface area contributed by atoms with Gasteiger partial charge in [0.15, 0.2) is 11.2 Å². The third-order valence-corrected chi connectivity index (χ3v) is 5.09. The van der Waals surface area contributed by atoms with Gasteiger partial charge in [-0.05, 0) is 42.0 Å². The van der Waals surface area contributed by atoms with Crippen molar-refractivity contribution in [2.45, 2.75) is 6.54 Å². The van der Waals surface area contributed by atoms with Crippen LogP contribution in [0, 0.1) is 5.82 Å². The molecule has 5 rings (SSSR count). The Kier molecular flexibility index (Phi) is 3.60. The Morgan fingerprint density at radius 1 is 1.07 bits per heavy atom. The van der Waals surface area contributed by atoms with Crippen LogP contribution in [0.4, 0.5) is 4.39 Å². The normalized spacial score (nSPS) is 11.7. The lowest BCUT2D eigenvalue weighted by Gasteiger charge is -2.07. The number of hydrogen-bond acceptors (Lipinski definition) is 4. The highest BCUT2D eigenvalue weighted by Crippen LogP contribution is 2.26. The highest BCUT2D eigenvalue weighted by atomic mass is 19.1. The summed E-state index contributed by atoms with van der Waals surface area (Å²) in [6.45, 7) is 0.355. The maximum atomic E-state index is 13.4. The Morgan fingerprint density at radius 2 is 1.83 bits per heavy atom. The number of nitrogens with zero attached hydrogens (tertiary/aromatic N) is 5. The van der Waals surface area contributed by atoms with Crippen LogP contribution < -0.4 is 11.2 Å². The number of aryl methyl sites for hydroxylation is 1. The molecule has 0 spiro atoms. The third-order valence-electron chi connectivity index (χ3n) is 5.09. The SMILES string of the molecule is Cn1c(=O)c2c(nc3n(Cc4ccco4)c(-c4ccc(F)cc4)cn23)n(C)c1=O. The maximum Gasteiger partial charge on any atom is 0.332 e. The number of furan rings is 1. The summed E-state index contributed by atoms with van der Waals surface area (Å²) < 4.78 is 24.8. The van der Waals surface area contributed by atoms with Crippen LogP contribution >= 0.6 is 0 Å². The summed E-state index contributed by atoms with van der Waals surface area (Å²) in [6, 6.07) is 9.71. The minimum Gasteiger partial charge on any atom is -0.467 e. The van der Waals surface area contributed by atoms with E-state index in [0.29, 0.717) is 29.2 Å². The lowest BCUT2D eigenvalue weighted by Crippen LogP contribution is -2.37. The van der Waals surface area contributed by atoms with Gasteiger partial charge in [-0.25, -0.2) is 9.18 Å². The summed E-state index contributed by atoms with van der Waals surface area (Å²) in [6.07, 6.45) is 3.35. The molecule has 0 unspecified atom stereocenters. The lowest BCUT2D eigenvalue weighted by atomic mass is 10.1. The molecule has 4 aromatic heterocycles. The summed E-state index contributed by atoms with van der Waals surface area (Å²) in [5.74, 6) is 0.839. The Morgan fingerprint density at radius 3 is 2.52 bits per heavy atom. The molecule has 0 aliphatic rings. The third kappa shape index (κ3) is 2.47. The van der Waals surface area contributed by atoms with Gasteiger partial charge < -0.3 is 8.98 Å². The zero-order chi connectivity index (χ0) is 20.3. The highest BCUT2D eigenvalue weighted by Gasteiger charge is 2.21. The van der Waals surface area contributed by atoms with Crippen molar-refractivity contribution in [1.29, 1.82) is 0 Å². The smallest absolute Gasteiger partial charge is 0.332 e. The van der Waals surface area contributed by atoms with Crippen molar-refractivity contribution in [2.24, 2.45) is 14.1 Å². The second kappa shape index (κ2) is 6.06. The average Bonchev–Trinajstić information content (AvgIpc) is 3.42. The molecular weight excluding hydrogens is 377 g/mol. The van der Waals surface area contributed by atoms with E-state index in [1.54, 1.807) is 42.1 Å². The molecule has 0 radical (unpaired) electrons. The molecule has 0 aliphatic carbocycles. The van der Waals surface area contributed by atoms with Crippen LogP contribution in [0.1, 0.15) is 5.76 Å². The minimum absolute atomic E-state index is 0.297. The van der Waals surface area contributed by atoms with Crippen molar-refractivity contribution in [3.8, 4) is 11.3 Å². The number of benzene rings is 1. The quantitative estimate of drug-likeness (QED) is 0.470. The predicted molar refractivity (Wildman–Crippen MR) is 104 cm³/mol. The van der Waals surface area contributed by atoms with Gasteiger partial charge in [-0.1, -0.05) is 0 Å². The fourth-order valence-corrected chi connectivity index (χ4v) is 3.58. The summed E-state index contributed by atoms with van der Waals surface area (Å²) in [4.78, 5) is 29.7. The molecule has 0 aliphatic heterocycles. The molecule has 4 heterocycles. The zero-order valence-electron chi connectivity index (χ0n) is 15.7. The Hall–Kier alpha value is -3.88. The first kappa shape index (κ1) is 17.2. The van der Waals surface area contributed by atoms with Crippen LogP contribution in [-0.4, -0.2) is 23.1 Å². The summed E-state index contributed by atoms with van der Waals surface area (Å²) in [5, 5.41) is 0. The van der Waals surface area contributed by atoms with Gasteiger partial charge in [-0.3, -0.25) is 18.3 Å². The van der Waals surface area contributed by atoms with E-state index in [0.717, 1.165) is 15.8 Å². The van der Waals surface area contributed by atoms with Crippen LogP contribution in [0.5, 0.6) is 0 Å². The van der Waals surface area contributed by atoms with Gasteiger partial charge in [0.2, 0.25) is 5.78 Å². The van der Waals surface area contributed by atoms with Gasteiger partial charge in [-0.15, -0.1) is 0 Å². The van der Waals surface area contributed by atoms with E-state index in [1.807, 2.05) is 10.6 Å². The van der Waals surface area contributed by atoms with Gasteiger partial charge in [0.1, 0.15) is 11.6 Å². The van der Waals surface area contributed by atoms with Crippen LogP contribution in [-0.2, 0) is 20.6 Å². The number of aromatic nitrogens is 5. The molecule has 0 amide bonds. The summed E-state index contributed by atoms with van der Waals surface area (Å²) in [5.41, 5.74) is 1.22. The van der Waals surface area contributed by atoms with E-state index >= 15 is 0 Å². The van der Waals surface area contributed by atoms with E-state index in [1.165, 1.54) is 23.7 Å². The second-order valence-electron chi connectivity index (χ2n) is 6.85. The first-order chi connectivity index (χ1) is 14.0. The molecule has 0 bridgehead atoms. The molecular formula is C20H16FN5O3. The number of rotatable bonds is 3. The first-order valence-electron chi connectivity index (χ1n) is 8.91. The van der Waals surface area contributed by atoms with Crippen molar-refractivity contribution in [2.75, 3.05) is 0 Å². The molecule has 8 nitrogen and oxygen atoms in total. The fourth-order valence-electron chi connectivity index (χ4n) is 3.58. The molecule has 0 N–H and O–H groups in total. The Labute approximate surface area is 162 Å². The Balaban J connectivity index is 1.88. The summed E-state index contributed by atoms with van der Waals surface area (Å²) in [7, 11) is 3.01. The summed E-state index contributed by atoms with van der Waals surface area (Å²) >= 11 is 0. The standard InChI is InChI=1S/C20H16FN5O3/c1-23-17-16(18(27)24(2)20(23)28)26-11-15(12-5-7-13(21)8-6-12)25(19(26)22-17)10-14-4-3-9-29-14/h3-9,11H,10H2,1-2H3. The van der Waals surface area contributed by atoms with E-state index in [4.69, 9.17) is 4.42 Å². The van der Waals surface area contributed by atoms with E-state index in [9.17, 15) is 14.0 Å². The van der Waals surface area contributed by atoms with Crippen LogP contribution in [0.25, 0.3) is 28.2 Å². The largest absolute Gasteiger partial charge is 0.467 e. The Bertz CT molecular complexity index is 1480. The molecule has 0 saturated carbocycles. The maximum absolute atomic E-state index is 13.4. The van der Waals surface area contributed by atoms with Gasteiger partial charge >= 0.3 is 5.69 Å². The van der Waals surface area contributed by atoms with Crippen LogP contribution in [0.15, 0.2) is 62.9 Å². The number of halogens is 1. The fraction of sp³-hybridized carbons (Fsp3) is 0.150. The molecule has 0 saturated heterocycles. The van der Waals surface area contributed by atoms with Gasteiger partial charge in [0, 0.05) is 20.3 Å². The molecule has 1 aromatic carbocycles. The molecule has 0 fully saturated rings. The second-order valence-corrected chi connectivity index (χ2v) is 6.85. The molecule has 0 atom stereocenters. The lowest BCUT2D eigenvalue weighted by molar-refractivity contribution is 0.497. The molecule has 9 heteroatoms. The van der Waals surface area contributed by atoms with Crippen molar-refractivity contribution in [3.05, 3.63) is 81.3 Å². The van der Waals surface area contributed by atoms with Crippen molar-refractivity contribution >= 4 is 16.9 Å². The van der Waals surface area contributed by atoms with E-state index in [-0.39, 0.29) is 5.82 Å². The van der Waals surface area contributed by atoms with Gasteiger partial charge in [0.05, 0.1) is 18.5 Å². The van der Waals surface area contributed by atoms with Crippen LogP contribution in [0.2, 0.25) is 0 Å². The number of imidazole rings is 2. The predicted octanol–water partition coefficient (Wildman–Crippen LogP) is 2.13. The first-order valence-corrected chi connectivity index (χ1v) is 8.91. The van der Waals surface area contributed by atoms with E-state index < -0.39 is 11.2 Å². The zero-order valence-corrected chi connectivity index (χ0v) is 15.7. The number of hydrogen-bond donors (Lipinski definition) is 0. The minimum atomic E-state index is -0.445. The van der Waals surface area contributed by atoms with Crippen molar-refractivity contribution in [3.63, 3.8) is 0 Å². The van der Waals surface area contributed by atoms with Gasteiger partial charge in [-0.2, -0.15) is 4.98 Å². The monoisotopic (exact) mass is 393 g/mol. The molecule has 146 valence electrons. The van der Waals surface area contributed by atoms with Crippen molar-refractivity contribution in [1.82, 2.24) is 23.1 Å². The number of fused-ring (bicyclic) bond motifs is 3. The van der Waals surface area contributed by atoms with Crippen LogP contribution in [0.3, 0.4) is 0 Å². The van der Waals surface area contributed by atoms with Gasteiger partial charge in [0.25, 0.3) is 5.56 Å². The highest BCUT2D eigenvalue weighted by molar-refractivity contribution is 5.78. The van der Waals surface area contributed by atoms with E-state index in [2.05, 4.69) is 4.98 Å². The molecule has 5 aromatic rings. The topological polar surface area (TPSA) is 79.4 Å². The average molecular weight is 393 g/mol. The molecule has 29 heavy (non-hydrogen) atoms. The van der Waals surface area contributed by atoms with Crippen molar-refractivity contribution < 1.29 is 8.81 Å².